The monoisotopic (exact) mass is 416 g/mol. The number of amides is 3. The van der Waals surface area contributed by atoms with Crippen LogP contribution in [-0.4, -0.2) is 59.4 Å². The van der Waals surface area contributed by atoms with Crippen molar-refractivity contribution in [2.24, 2.45) is 0 Å². The van der Waals surface area contributed by atoms with E-state index in [1.54, 1.807) is 11.9 Å². The predicted octanol–water partition coefficient (Wildman–Crippen LogP) is 3.14. The van der Waals surface area contributed by atoms with Crippen LogP contribution >= 0.6 is 0 Å². The number of likely N-dealkylation sites (N-methyl/N-ethyl adjacent to an activating group) is 1. The fourth-order valence-corrected chi connectivity index (χ4v) is 5.01. The van der Waals surface area contributed by atoms with Crippen molar-refractivity contribution in [2.45, 2.75) is 31.5 Å². The van der Waals surface area contributed by atoms with Crippen LogP contribution in [-0.2, 0) is 11.3 Å². The van der Waals surface area contributed by atoms with Gasteiger partial charge in [0.05, 0.1) is 23.9 Å². The van der Waals surface area contributed by atoms with Crippen LogP contribution < -0.4 is 5.32 Å². The van der Waals surface area contributed by atoms with Gasteiger partial charge in [-0.2, -0.15) is 0 Å². The zero-order valence-corrected chi connectivity index (χ0v) is 17.8. The summed E-state index contributed by atoms with van der Waals surface area (Å²) in [7, 11) is 1.76. The van der Waals surface area contributed by atoms with Crippen LogP contribution in [0.3, 0.4) is 0 Å². The van der Waals surface area contributed by atoms with Gasteiger partial charge < -0.3 is 10.2 Å². The molecule has 5 rings (SSSR count). The molecule has 31 heavy (non-hydrogen) atoms. The minimum Gasteiger partial charge on any atom is -0.330 e. The van der Waals surface area contributed by atoms with E-state index in [4.69, 9.17) is 0 Å². The van der Waals surface area contributed by atoms with Crippen LogP contribution in [0.2, 0.25) is 0 Å². The quantitative estimate of drug-likeness (QED) is 0.833. The molecule has 0 aromatic heterocycles. The van der Waals surface area contributed by atoms with Gasteiger partial charge in [0, 0.05) is 32.7 Å². The number of nitrogens with zero attached hydrogens (tertiary/aromatic N) is 3. The average Bonchev–Trinajstić information content (AvgIpc) is 3.15. The first-order valence-electron chi connectivity index (χ1n) is 11.0. The summed E-state index contributed by atoms with van der Waals surface area (Å²) in [6, 6.07) is 20.0. The third kappa shape index (κ3) is 3.72. The summed E-state index contributed by atoms with van der Waals surface area (Å²) < 4.78 is 0. The molecule has 1 unspecified atom stereocenters. The minimum absolute atomic E-state index is 0.0669. The number of rotatable bonds is 4. The van der Waals surface area contributed by atoms with Crippen molar-refractivity contribution in [3.63, 3.8) is 0 Å². The van der Waals surface area contributed by atoms with Crippen LogP contribution in [0.4, 0.5) is 4.79 Å². The average molecular weight is 417 g/mol. The highest BCUT2D eigenvalue weighted by Gasteiger charge is 2.45. The van der Waals surface area contributed by atoms with Gasteiger partial charge in [-0.05, 0) is 24.0 Å². The number of benzene rings is 2. The first-order valence-corrected chi connectivity index (χ1v) is 11.0. The first kappa shape index (κ1) is 19.8. The van der Waals surface area contributed by atoms with E-state index in [0.29, 0.717) is 6.54 Å². The van der Waals surface area contributed by atoms with Gasteiger partial charge in [0.25, 0.3) is 5.91 Å². The van der Waals surface area contributed by atoms with Crippen molar-refractivity contribution in [3.8, 4) is 0 Å². The molecule has 3 amide bonds. The molecule has 6 nitrogen and oxygen atoms in total. The maximum atomic E-state index is 13.5. The molecule has 2 aromatic carbocycles. The first-order chi connectivity index (χ1) is 15.1. The molecule has 0 spiro atoms. The standard InChI is InChI=1S/C25H28N4O2/c1-27-21-17-29(20-12-14-28(15-13-20)16-18-8-4-2-5-9-18)24(30)22(21)23(26-25(27)31)19-10-6-3-7-11-19/h2-11,20,23H,12-17H2,1H3,(H,26,31). The number of piperidine rings is 1. The Hall–Kier alpha value is -3.12. The smallest absolute Gasteiger partial charge is 0.322 e. The SMILES string of the molecule is CN1C(=O)NC(c2ccccc2)C2=C1CN(C1CCN(Cc3ccccc3)CC1)C2=O. The van der Waals surface area contributed by atoms with E-state index >= 15 is 0 Å². The van der Waals surface area contributed by atoms with Gasteiger partial charge in [-0.15, -0.1) is 0 Å². The van der Waals surface area contributed by atoms with E-state index in [-0.39, 0.29) is 24.0 Å². The van der Waals surface area contributed by atoms with Gasteiger partial charge in [0.2, 0.25) is 0 Å². The van der Waals surface area contributed by atoms with Crippen LogP contribution in [0.1, 0.15) is 30.0 Å². The minimum atomic E-state index is -0.379. The van der Waals surface area contributed by atoms with Crippen LogP contribution in [0.5, 0.6) is 0 Å². The van der Waals surface area contributed by atoms with Crippen LogP contribution in [0.15, 0.2) is 71.9 Å². The molecular weight excluding hydrogens is 388 g/mol. The lowest BCUT2D eigenvalue weighted by Gasteiger charge is -2.37. The van der Waals surface area contributed by atoms with Crippen molar-refractivity contribution in [2.75, 3.05) is 26.7 Å². The number of hydrogen-bond acceptors (Lipinski definition) is 3. The fourth-order valence-electron chi connectivity index (χ4n) is 5.01. The molecule has 3 aliphatic rings. The topological polar surface area (TPSA) is 55.9 Å². The lowest BCUT2D eigenvalue weighted by molar-refractivity contribution is -0.128. The third-order valence-electron chi connectivity index (χ3n) is 6.77. The maximum Gasteiger partial charge on any atom is 0.322 e. The van der Waals surface area contributed by atoms with Gasteiger partial charge in [-0.25, -0.2) is 4.79 Å². The number of carbonyl (C=O) groups excluding carboxylic acids is 2. The van der Waals surface area contributed by atoms with E-state index in [9.17, 15) is 9.59 Å². The molecule has 0 bridgehead atoms. The Morgan fingerprint density at radius 2 is 1.58 bits per heavy atom. The molecular formula is C25H28N4O2. The third-order valence-corrected chi connectivity index (χ3v) is 6.77. The normalized spacial score (nSPS) is 22.7. The zero-order valence-electron chi connectivity index (χ0n) is 17.8. The summed E-state index contributed by atoms with van der Waals surface area (Å²) in [6.07, 6.45) is 1.92. The van der Waals surface area contributed by atoms with E-state index in [0.717, 1.165) is 49.3 Å². The molecule has 160 valence electrons. The van der Waals surface area contributed by atoms with Gasteiger partial charge in [0.1, 0.15) is 0 Å². The van der Waals surface area contributed by atoms with E-state index in [1.165, 1.54) is 5.56 Å². The maximum absolute atomic E-state index is 13.5. The highest BCUT2D eigenvalue weighted by Crippen LogP contribution is 2.37. The number of likely N-dealkylation sites (tertiary alicyclic amines) is 1. The molecule has 0 aliphatic carbocycles. The zero-order chi connectivity index (χ0) is 21.4. The lowest BCUT2D eigenvalue weighted by atomic mass is 9.95. The highest BCUT2D eigenvalue weighted by molar-refractivity contribution is 6.01. The Balaban J connectivity index is 1.30. The van der Waals surface area contributed by atoms with Crippen molar-refractivity contribution < 1.29 is 9.59 Å². The van der Waals surface area contributed by atoms with E-state index < -0.39 is 0 Å². The fraction of sp³-hybridized carbons (Fsp3) is 0.360. The Morgan fingerprint density at radius 3 is 2.26 bits per heavy atom. The summed E-state index contributed by atoms with van der Waals surface area (Å²) >= 11 is 0. The van der Waals surface area contributed by atoms with E-state index in [2.05, 4.69) is 34.5 Å². The summed E-state index contributed by atoms with van der Waals surface area (Å²) in [5.41, 5.74) is 3.84. The lowest BCUT2D eigenvalue weighted by Crippen LogP contribution is -2.46. The Bertz CT molecular complexity index is 997. The molecule has 1 saturated heterocycles. The molecule has 2 aromatic rings. The van der Waals surface area contributed by atoms with Crippen molar-refractivity contribution in [1.82, 2.24) is 20.0 Å². The molecule has 1 atom stereocenters. The summed E-state index contributed by atoms with van der Waals surface area (Å²) in [5, 5.41) is 3.02. The van der Waals surface area contributed by atoms with Gasteiger partial charge in [-0.3, -0.25) is 14.6 Å². The number of carbonyl (C=O) groups is 2. The highest BCUT2D eigenvalue weighted by atomic mass is 16.2. The van der Waals surface area contributed by atoms with Crippen LogP contribution in [0.25, 0.3) is 0 Å². The molecule has 0 saturated carbocycles. The predicted molar refractivity (Wildman–Crippen MR) is 119 cm³/mol. The van der Waals surface area contributed by atoms with E-state index in [1.807, 2.05) is 41.3 Å². The summed E-state index contributed by atoms with van der Waals surface area (Å²) in [5.74, 6) is 0.0669. The Kier molecular flexibility index (Phi) is 5.24. The molecule has 1 fully saturated rings. The summed E-state index contributed by atoms with van der Waals surface area (Å²) in [4.78, 5) is 32.2. The number of urea groups is 1. The second-order valence-corrected chi connectivity index (χ2v) is 8.64. The Morgan fingerprint density at radius 1 is 0.935 bits per heavy atom. The van der Waals surface area contributed by atoms with Crippen molar-refractivity contribution in [3.05, 3.63) is 83.1 Å². The molecule has 3 aliphatic heterocycles. The van der Waals surface area contributed by atoms with Crippen molar-refractivity contribution >= 4 is 11.9 Å². The Labute approximate surface area is 183 Å². The van der Waals surface area contributed by atoms with Gasteiger partial charge >= 0.3 is 6.03 Å². The molecule has 6 heteroatoms. The molecule has 3 heterocycles. The largest absolute Gasteiger partial charge is 0.330 e. The second kappa shape index (κ2) is 8.19. The second-order valence-electron chi connectivity index (χ2n) is 8.64. The van der Waals surface area contributed by atoms with Gasteiger partial charge in [0.15, 0.2) is 0 Å². The van der Waals surface area contributed by atoms with Gasteiger partial charge in [-0.1, -0.05) is 60.7 Å². The summed E-state index contributed by atoms with van der Waals surface area (Å²) in [6.45, 7) is 3.42. The van der Waals surface area contributed by atoms with Crippen molar-refractivity contribution in [1.29, 1.82) is 0 Å². The molecule has 1 N–H and O–H groups in total. The number of hydrogen-bond donors (Lipinski definition) is 1. The van der Waals surface area contributed by atoms with Crippen LogP contribution in [0, 0.1) is 0 Å². The molecule has 0 radical (unpaired) electrons. The number of nitrogens with one attached hydrogen (secondary N) is 1.